The third kappa shape index (κ3) is 2.22. The van der Waals surface area contributed by atoms with Crippen molar-refractivity contribution >= 4 is 0 Å². The Labute approximate surface area is 89.8 Å². The summed E-state index contributed by atoms with van der Waals surface area (Å²) in [6.07, 6.45) is 1.81. The van der Waals surface area contributed by atoms with Crippen molar-refractivity contribution in [2.75, 3.05) is 6.54 Å². The number of rotatable bonds is 3. The summed E-state index contributed by atoms with van der Waals surface area (Å²) in [6, 6.07) is 16.2. The number of nitrogens with zero attached hydrogens (tertiary/aromatic N) is 1. The quantitative estimate of drug-likeness (QED) is 0.821. The zero-order chi connectivity index (χ0) is 10.5. The van der Waals surface area contributed by atoms with Gasteiger partial charge in [-0.3, -0.25) is 4.98 Å². The Morgan fingerprint density at radius 1 is 1.00 bits per heavy atom. The maximum atomic E-state index is 5.80. The van der Waals surface area contributed by atoms with Crippen molar-refractivity contribution in [1.29, 1.82) is 0 Å². The molecule has 0 fully saturated rings. The van der Waals surface area contributed by atoms with Crippen molar-refractivity contribution in [3.63, 3.8) is 0 Å². The summed E-state index contributed by atoms with van der Waals surface area (Å²) in [5, 5.41) is 0. The highest BCUT2D eigenvalue weighted by atomic mass is 14.7. The number of pyridine rings is 1. The van der Waals surface area contributed by atoms with Gasteiger partial charge in [0.15, 0.2) is 0 Å². The summed E-state index contributed by atoms with van der Waals surface area (Å²) in [4.78, 5) is 4.35. The molecule has 2 aromatic rings. The Bertz CT molecular complexity index is 358. The summed E-state index contributed by atoms with van der Waals surface area (Å²) >= 11 is 0. The van der Waals surface area contributed by atoms with Gasteiger partial charge in [-0.15, -0.1) is 0 Å². The maximum absolute atomic E-state index is 5.80. The number of aromatic nitrogens is 1. The van der Waals surface area contributed by atoms with Gasteiger partial charge in [0.2, 0.25) is 0 Å². The smallest absolute Gasteiger partial charge is 0.0491 e. The van der Waals surface area contributed by atoms with Crippen molar-refractivity contribution in [3.8, 4) is 0 Å². The highest BCUT2D eigenvalue weighted by Gasteiger charge is 2.12. The molecular weight excluding hydrogens is 184 g/mol. The Kier molecular flexibility index (Phi) is 3.10. The summed E-state index contributed by atoms with van der Waals surface area (Å²) in [5.74, 6) is 0.201. The highest BCUT2D eigenvalue weighted by Crippen LogP contribution is 2.20. The van der Waals surface area contributed by atoms with Crippen LogP contribution in [0.25, 0.3) is 0 Å². The molecule has 0 amide bonds. The fraction of sp³-hybridized carbons (Fsp3) is 0.154. The summed E-state index contributed by atoms with van der Waals surface area (Å²) in [7, 11) is 0. The molecule has 0 spiro atoms. The van der Waals surface area contributed by atoms with Gasteiger partial charge in [0.25, 0.3) is 0 Å². The molecule has 15 heavy (non-hydrogen) atoms. The SMILES string of the molecule is NC[C@H](c1ccccc1)c1ccccn1. The van der Waals surface area contributed by atoms with Crippen molar-refractivity contribution < 1.29 is 0 Å². The minimum absolute atomic E-state index is 0.201. The van der Waals surface area contributed by atoms with Crippen LogP contribution in [-0.2, 0) is 0 Å². The van der Waals surface area contributed by atoms with E-state index >= 15 is 0 Å². The van der Waals surface area contributed by atoms with Gasteiger partial charge in [0.1, 0.15) is 0 Å². The highest BCUT2D eigenvalue weighted by molar-refractivity contribution is 5.28. The van der Waals surface area contributed by atoms with E-state index in [9.17, 15) is 0 Å². The van der Waals surface area contributed by atoms with E-state index in [0.717, 1.165) is 5.69 Å². The van der Waals surface area contributed by atoms with Gasteiger partial charge in [-0.25, -0.2) is 0 Å². The van der Waals surface area contributed by atoms with Gasteiger partial charge in [-0.05, 0) is 17.7 Å². The normalized spacial score (nSPS) is 12.3. The van der Waals surface area contributed by atoms with Gasteiger partial charge >= 0.3 is 0 Å². The van der Waals surface area contributed by atoms with Crippen molar-refractivity contribution in [3.05, 3.63) is 66.0 Å². The fourth-order valence-electron chi connectivity index (χ4n) is 1.70. The van der Waals surface area contributed by atoms with Gasteiger partial charge in [0, 0.05) is 24.4 Å². The molecule has 0 radical (unpaired) electrons. The molecular formula is C13H14N2. The first kappa shape index (κ1) is 9.87. The average molecular weight is 198 g/mol. The first-order valence-electron chi connectivity index (χ1n) is 5.08. The monoisotopic (exact) mass is 198 g/mol. The van der Waals surface area contributed by atoms with Crippen LogP contribution in [0.3, 0.4) is 0 Å². The molecule has 2 rings (SSSR count). The van der Waals surface area contributed by atoms with E-state index in [4.69, 9.17) is 5.73 Å². The van der Waals surface area contributed by atoms with Crippen LogP contribution in [0, 0.1) is 0 Å². The molecule has 0 bridgehead atoms. The molecule has 2 heteroatoms. The van der Waals surface area contributed by atoms with E-state index in [1.807, 2.05) is 36.4 Å². The second kappa shape index (κ2) is 4.71. The van der Waals surface area contributed by atoms with Crippen LogP contribution in [0.5, 0.6) is 0 Å². The van der Waals surface area contributed by atoms with E-state index in [0.29, 0.717) is 6.54 Å². The Morgan fingerprint density at radius 3 is 2.33 bits per heavy atom. The van der Waals surface area contributed by atoms with Gasteiger partial charge in [0.05, 0.1) is 0 Å². The average Bonchev–Trinajstić information content (AvgIpc) is 2.33. The second-order valence-electron chi connectivity index (χ2n) is 3.45. The Hall–Kier alpha value is -1.67. The van der Waals surface area contributed by atoms with Crippen LogP contribution in [0.4, 0.5) is 0 Å². The largest absolute Gasteiger partial charge is 0.329 e. The van der Waals surface area contributed by atoms with Crippen molar-refractivity contribution in [1.82, 2.24) is 4.98 Å². The van der Waals surface area contributed by atoms with E-state index in [1.165, 1.54) is 5.56 Å². The lowest BCUT2D eigenvalue weighted by molar-refractivity contribution is 0.787. The molecule has 1 atom stereocenters. The maximum Gasteiger partial charge on any atom is 0.0491 e. The topological polar surface area (TPSA) is 38.9 Å². The van der Waals surface area contributed by atoms with E-state index in [-0.39, 0.29) is 5.92 Å². The molecule has 1 heterocycles. The second-order valence-corrected chi connectivity index (χ2v) is 3.45. The van der Waals surface area contributed by atoms with E-state index in [2.05, 4.69) is 17.1 Å². The zero-order valence-electron chi connectivity index (χ0n) is 8.51. The van der Waals surface area contributed by atoms with E-state index in [1.54, 1.807) is 6.20 Å². The lowest BCUT2D eigenvalue weighted by Gasteiger charge is -2.14. The minimum atomic E-state index is 0.201. The lowest BCUT2D eigenvalue weighted by Crippen LogP contribution is -2.14. The Morgan fingerprint density at radius 2 is 1.73 bits per heavy atom. The first-order valence-corrected chi connectivity index (χ1v) is 5.08. The molecule has 0 unspecified atom stereocenters. The molecule has 1 aromatic carbocycles. The van der Waals surface area contributed by atoms with Crippen LogP contribution in [0.2, 0.25) is 0 Å². The predicted molar refractivity (Wildman–Crippen MR) is 61.6 cm³/mol. The number of nitrogens with two attached hydrogens (primary N) is 1. The molecule has 0 aliphatic rings. The fourth-order valence-corrected chi connectivity index (χ4v) is 1.70. The predicted octanol–water partition coefficient (Wildman–Crippen LogP) is 2.17. The van der Waals surface area contributed by atoms with Crippen LogP contribution < -0.4 is 5.73 Å². The first-order chi connectivity index (χ1) is 7.42. The standard InChI is InChI=1S/C13H14N2/c14-10-12(11-6-2-1-3-7-11)13-8-4-5-9-15-13/h1-9,12H,10,14H2/t12-/m1/s1. The summed E-state index contributed by atoms with van der Waals surface area (Å²) in [5.41, 5.74) is 8.05. The number of hydrogen-bond donors (Lipinski definition) is 1. The third-order valence-electron chi connectivity index (χ3n) is 2.48. The molecule has 0 aliphatic carbocycles. The van der Waals surface area contributed by atoms with Gasteiger partial charge in [-0.1, -0.05) is 36.4 Å². The van der Waals surface area contributed by atoms with Crippen molar-refractivity contribution in [2.24, 2.45) is 5.73 Å². The van der Waals surface area contributed by atoms with E-state index < -0.39 is 0 Å². The lowest BCUT2D eigenvalue weighted by atomic mass is 9.95. The van der Waals surface area contributed by atoms with Crippen LogP contribution in [-0.4, -0.2) is 11.5 Å². The summed E-state index contributed by atoms with van der Waals surface area (Å²) < 4.78 is 0. The molecule has 0 aliphatic heterocycles. The Balaban J connectivity index is 2.34. The van der Waals surface area contributed by atoms with Crippen molar-refractivity contribution in [2.45, 2.75) is 5.92 Å². The molecule has 2 nitrogen and oxygen atoms in total. The number of benzene rings is 1. The molecule has 1 aromatic heterocycles. The van der Waals surface area contributed by atoms with Gasteiger partial charge in [-0.2, -0.15) is 0 Å². The molecule has 0 saturated heterocycles. The zero-order valence-corrected chi connectivity index (χ0v) is 8.51. The third-order valence-corrected chi connectivity index (χ3v) is 2.48. The van der Waals surface area contributed by atoms with Crippen LogP contribution in [0.15, 0.2) is 54.7 Å². The number of hydrogen-bond acceptors (Lipinski definition) is 2. The van der Waals surface area contributed by atoms with Crippen LogP contribution in [0.1, 0.15) is 17.2 Å². The minimum Gasteiger partial charge on any atom is -0.329 e. The molecule has 2 N–H and O–H groups in total. The summed E-state index contributed by atoms with van der Waals surface area (Å²) in [6.45, 7) is 0.584. The molecule has 76 valence electrons. The van der Waals surface area contributed by atoms with Crippen LogP contribution >= 0.6 is 0 Å². The van der Waals surface area contributed by atoms with Gasteiger partial charge < -0.3 is 5.73 Å². The molecule has 0 saturated carbocycles.